The van der Waals surface area contributed by atoms with E-state index in [9.17, 15) is 9.59 Å². The van der Waals surface area contributed by atoms with Crippen LogP contribution in [0.3, 0.4) is 0 Å². The van der Waals surface area contributed by atoms with Gasteiger partial charge in [-0.05, 0) is 61.0 Å². The van der Waals surface area contributed by atoms with Crippen molar-refractivity contribution in [2.45, 2.75) is 72.5 Å². The van der Waals surface area contributed by atoms with Crippen LogP contribution in [-0.4, -0.2) is 23.1 Å². The van der Waals surface area contributed by atoms with Crippen molar-refractivity contribution >= 4 is 11.9 Å². The van der Waals surface area contributed by atoms with E-state index >= 15 is 0 Å². The first-order valence-electron chi connectivity index (χ1n) is 9.50. The number of esters is 2. The van der Waals surface area contributed by atoms with Gasteiger partial charge in [-0.3, -0.25) is 0 Å². The fourth-order valence-corrected chi connectivity index (χ4v) is 3.18. The van der Waals surface area contributed by atoms with Crippen molar-refractivity contribution < 1.29 is 19.1 Å². The average Bonchev–Trinajstić information content (AvgIpc) is 2.51. The summed E-state index contributed by atoms with van der Waals surface area (Å²) in [5, 5.41) is 3.17. The van der Waals surface area contributed by atoms with Gasteiger partial charge < -0.3 is 14.8 Å². The van der Waals surface area contributed by atoms with E-state index in [2.05, 4.69) is 5.32 Å². The second kappa shape index (κ2) is 7.82. The molecule has 0 unspecified atom stereocenters. The van der Waals surface area contributed by atoms with Crippen LogP contribution in [-0.2, 0) is 19.1 Å². The summed E-state index contributed by atoms with van der Waals surface area (Å²) in [6.45, 7) is 14.6. The molecule has 1 heterocycles. The Morgan fingerprint density at radius 3 is 1.54 bits per heavy atom. The Kier molecular flexibility index (Phi) is 6.07. The molecule has 1 aromatic carbocycles. The standard InChI is InChI=1S/C23H31NO4/c1-14-17(20(25)27-22(3,4)5)19(16-12-10-9-11-13-16)18(15(2)24-14)21(26)28-23(6,7)8/h9-13,19,24H,1-8H3. The number of allylic oxidation sites excluding steroid dienone is 2. The van der Waals surface area contributed by atoms with E-state index < -0.39 is 29.1 Å². The Bertz CT molecular complexity index is 770. The molecule has 5 heteroatoms. The smallest absolute Gasteiger partial charge is 0.337 e. The van der Waals surface area contributed by atoms with E-state index in [0.717, 1.165) is 5.56 Å². The highest BCUT2D eigenvalue weighted by atomic mass is 16.6. The summed E-state index contributed by atoms with van der Waals surface area (Å²) >= 11 is 0. The molecule has 0 amide bonds. The van der Waals surface area contributed by atoms with Gasteiger partial charge in [0.1, 0.15) is 11.2 Å². The van der Waals surface area contributed by atoms with Gasteiger partial charge in [-0.1, -0.05) is 30.3 Å². The molecule has 0 atom stereocenters. The van der Waals surface area contributed by atoms with Gasteiger partial charge in [-0.2, -0.15) is 0 Å². The van der Waals surface area contributed by atoms with Crippen LogP contribution in [0.5, 0.6) is 0 Å². The molecule has 152 valence electrons. The van der Waals surface area contributed by atoms with Gasteiger partial charge in [-0.25, -0.2) is 9.59 Å². The summed E-state index contributed by atoms with van der Waals surface area (Å²) < 4.78 is 11.3. The van der Waals surface area contributed by atoms with Crippen molar-refractivity contribution in [2.75, 3.05) is 0 Å². The van der Waals surface area contributed by atoms with E-state index in [1.165, 1.54) is 0 Å². The maximum absolute atomic E-state index is 13.1. The van der Waals surface area contributed by atoms with Gasteiger partial charge in [0.05, 0.1) is 17.1 Å². The lowest BCUT2D eigenvalue weighted by Gasteiger charge is -2.33. The zero-order valence-electron chi connectivity index (χ0n) is 18.1. The minimum absolute atomic E-state index is 0.424. The SMILES string of the molecule is CC1=C(C(=O)OC(C)(C)C)C(c2ccccc2)C(C(=O)OC(C)(C)C)=C(C)N1. The normalized spacial score (nSPS) is 16.0. The molecule has 0 spiro atoms. The highest BCUT2D eigenvalue weighted by molar-refractivity contribution is 6.00. The van der Waals surface area contributed by atoms with Crippen LogP contribution in [0.4, 0.5) is 0 Å². The molecule has 2 rings (SSSR count). The molecule has 0 aromatic heterocycles. The minimum Gasteiger partial charge on any atom is -0.457 e. The Hall–Kier alpha value is -2.56. The van der Waals surface area contributed by atoms with E-state index in [-0.39, 0.29) is 0 Å². The molecule has 1 aromatic rings. The molecule has 28 heavy (non-hydrogen) atoms. The van der Waals surface area contributed by atoms with Crippen LogP contribution >= 0.6 is 0 Å². The molecule has 5 nitrogen and oxygen atoms in total. The van der Waals surface area contributed by atoms with Gasteiger partial charge in [0, 0.05) is 11.4 Å². The van der Waals surface area contributed by atoms with Crippen LogP contribution in [0, 0.1) is 0 Å². The largest absolute Gasteiger partial charge is 0.457 e. The topological polar surface area (TPSA) is 64.6 Å². The van der Waals surface area contributed by atoms with Crippen LogP contribution in [0.25, 0.3) is 0 Å². The number of benzene rings is 1. The second-order valence-corrected chi connectivity index (χ2v) is 9.05. The van der Waals surface area contributed by atoms with Gasteiger partial charge in [0.25, 0.3) is 0 Å². The quantitative estimate of drug-likeness (QED) is 0.770. The van der Waals surface area contributed by atoms with E-state index in [1.807, 2.05) is 85.7 Å². The lowest BCUT2D eigenvalue weighted by Crippen LogP contribution is -2.36. The summed E-state index contributed by atoms with van der Waals surface area (Å²) in [6, 6.07) is 9.50. The number of carbonyl (C=O) groups is 2. The predicted octanol–water partition coefficient (Wildman–Crippen LogP) is 4.60. The molecule has 1 N–H and O–H groups in total. The van der Waals surface area contributed by atoms with Gasteiger partial charge in [-0.15, -0.1) is 0 Å². The van der Waals surface area contributed by atoms with Crippen LogP contribution < -0.4 is 5.32 Å². The summed E-state index contributed by atoms with van der Waals surface area (Å²) in [5.74, 6) is -1.45. The molecule has 0 saturated carbocycles. The van der Waals surface area contributed by atoms with Crippen molar-refractivity contribution in [3.8, 4) is 0 Å². The molecule has 0 aliphatic carbocycles. The molecule has 1 aliphatic rings. The third-order valence-corrected chi connectivity index (χ3v) is 4.13. The first-order chi connectivity index (χ1) is 12.8. The molecular weight excluding hydrogens is 354 g/mol. The number of nitrogens with one attached hydrogen (secondary N) is 1. The number of carbonyl (C=O) groups excluding carboxylic acids is 2. The third kappa shape index (κ3) is 5.24. The summed E-state index contributed by atoms with van der Waals surface area (Å²) in [4.78, 5) is 26.1. The van der Waals surface area contributed by atoms with Crippen molar-refractivity contribution in [2.24, 2.45) is 0 Å². The maximum Gasteiger partial charge on any atom is 0.337 e. The minimum atomic E-state index is -0.645. The zero-order chi connectivity index (χ0) is 21.3. The number of dihydropyridines is 1. The van der Waals surface area contributed by atoms with Crippen molar-refractivity contribution in [1.29, 1.82) is 0 Å². The van der Waals surface area contributed by atoms with Crippen molar-refractivity contribution in [3.63, 3.8) is 0 Å². The fourth-order valence-electron chi connectivity index (χ4n) is 3.18. The second-order valence-electron chi connectivity index (χ2n) is 9.05. The van der Waals surface area contributed by atoms with Crippen LogP contribution in [0.2, 0.25) is 0 Å². The lowest BCUT2D eigenvalue weighted by molar-refractivity contribution is -0.150. The number of hydrogen-bond acceptors (Lipinski definition) is 5. The lowest BCUT2D eigenvalue weighted by atomic mass is 9.80. The molecule has 0 saturated heterocycles. The number of hydrogen-bond donors (Lipinski definition) is 1. The Labute approximate surface area is 167 Å². The van der Waals surface area contributed by atoms with Crippen LogP contribution in [0.1, 0.15) is 66.9 Å². The molecule has 1 aliphatic heterocycles. The van der Waals surface area contributed by atoms with Crippen LogP contribution in [0.15, 0.2) is 52.9 Å². The number of rotatable bonds is 3. The zero-order valence-corrected chi connectivity index (χ0v) is 18.1. The molecule has 0 bridgehead atoms. The Balaban J connectivity index is 2.60. The maximum atomic E-state index is 13.1. The monoisotopic (exact) mass is 385 g/mol. The van der Waals surface area contributed by atoms with Crippen molar-refractivity contribution in [3.05, 3.63) is 58.4 Å². The summed E-state index contributed by atoms with van der Waals surface area (Å²) in [5.41, 5.74) is 1.74. The fraction of sp³-hybridized carbons (Fsp3) is 0.478. The average molecular weight is 386 g/mol. The van der Waals surface area contributed by atoms with Gasteiger partial charge >= 0.3 is 11.9 Å². The molecular formula is C23H31NO4. The Morgan fingerprint density at radius 2 is 1.18 bits per heavy atom. The van der Waals surface area contributed by atoms with E-state index in [0.29, 0.717) is 22.5 Å². The van der Waals surface area contributed by atoms with E-state index in [1.54, 1.807) is 0 Å². The Morgan fingerprint density at radius 1 is 0.786 bits per heavy atom. The molecule has 0 fully saturated rings. The van der Waals surface area contributed by atoms with Crippen molar-refractivity contribution in [1.82, 2.24) is 5.32 Å². The van der Waals surface area contributed by atoms with Gasteiger partial charge in [0.2, 0.25) is 0 Å². The van der Waals surface area contributed by atoms with E-state index in [4.69, 9.17) is 9.47 Å². The summed E-state index contributed by atoms with van der Waals surface area (Å²) in [7, 11) is 0. The summed E-state index contributed by atoms with van der Waals surface area (Å²) in [6.07, 6.45) is 0. The predicted molar refractivity (Wildman–Crippen MR) is 109 cm³/mol. The first kappa shape index (κ1) is 21.7. The highest BCUT2D eigenvalue weighted by Gasteiger charge is 2.39. The third-order valence-electron chi connectivity index (χ3n) is 4.13. The van der Waals surface area contributed by atoms with Gasteiger partial charge in [0.15, 0.2) is 0 Å². The highest BCUT2D eigenvalue weighted by Crippen LogP contribution is 2.40. The number of ether oxygens (including phenoxy) is 2. The first-order valence-corrected chi connectivity index (χ1v) is 9.50. The molecule has 0 radical (unpaired) electrons.